The fourth-order valence-corrected chi connectivity index (χ4v) is 4.33. The van der Waals surface area contributed by atoms with Crippen LogP contribution in [0, 0.1) is 13.8 Å². The second-order valence-corrected chi connectivity index (χ2v) is 8.39. The summed E-state index contributed by atoms with van der Waals surface area (Å²) in [4.78, 5) is 17.7. The van der Waals surface area contributed by atoms with Gasteiger partial charge in [0.1, 0.15) is 0 Å². The molecule has 0 amide bonds. The third-order valence-corrected chi connectivity index (χ3v) is 4.78. The highest BCUT2D eigenvalue weighted by Gasteiger charge is 2.38. The summed E-state index contributed by atoms with van der Waals surface area (Å²) in [6.45, 7) is 12.9. The average molecular weight is 313 g/mol. The zero-order valence-corrected chi connectivity index (χ0v) is 15.0. The molecule has 1 aliphatic heterocycles. The molecule has 0 radical (unpaired) electrons. The normalized spacial score (nSPS) is 20.8. The summed E-state index contributed by atoms with van der Waals surface area (Å²) in [6.07, 6.45) is 3.60. The first-order valence-electron chi connectivity index (χ1n) is 8.35. The third-order valence-electron chi connectivity index (χ3n) is 4.78. The number of hydrogen-bond donors (Lipinski definition) is 1. The minimum Gasteiger partial charge on any atom is -0.307 e. The van der Waals surface area contributed by atoms with E-state index in [9.17, 15) is 4.79 Å². The van der Waals surface area contributed by atoms with E-state index in [1.807, 2.05) is 24.5 Å². The van der Waals surface area contributed by atoms with Crippen molar-refractivity contribution in [2.75, 3.05) is 0 Å². The Labute approximate surface area is 137 Å². The second-order valence-electron chi connectivity index (χ2n) is 8.39. The first kappa shape index (κ1) is 16.2. The molecule has 0 aliphatic carbocycles. The molecule has 1 saturated heterocycles. The molecular formula is C19H27N3O. The van der Waals surface area contributed by atoms with E-state index in [4.69, 9.17) is 0 Å². The van der Waals surface area contributed by atoms with Gasteiger partial charge < -0.3 is 5.32 Å². The molecule has 0 unspecified atom stereocenters. The van der Waals surface area contributed by atoms with Gasteiger partial charge in [0.05, 0.1) is 17.2 Å². The maximum Gasteiger partial charge on any atom is 0.261 e. The number of aromatic nitrogens is 2. The molecule has 0 atom stereocenters. The van der Waals surface area contributed by atoms with E-state index in [0.717, 1.165) is 34.9 Å². The summed E-state index contributed by atoms with van der Waals surface area (Å²) in [5, 5.41) is 4.41. The maximum atomic E-state index is 13.1. The molecule has 1 fully saturated rings. The quantitative estimate of drug-likeness (QED) is 0.876. The SMILES string of the molecule is Cc1cc(C)c2ncn(C3CC(C)(C)NC(C)(C)C3)c(=O)c2c1. The van der Waals surface area contributed by atoms with Crippen LogP contribution < -0.4 is 10.9 Å². The molecular weight excluding hydrogens is 286 g/mol. The van der Waals surface area contributed by atoms with Crippen molar-refractivity contribution in [3.05, 3.63) is 39.9 Å². The number of nitrogens with one attached hydrogen (secondary N) is 1. The standard InChI is InChI=1S/C19H27N3O/c1-12-7-13(2)16-15(8-12)17(23)22(11-20-16)14-9-18(3,4)21-19(5,6)10-14/h7-8,11,14,21H,9-10H2,1-6H3. The Morgan fingerprint density at radius 2 is 1.74 bits per heavy atom. The lowest BCUT2D eigenvalue weighted by Crippen LogP contribution is -2.58. The van der Waals surface area contributed by atoms with Gasteiger partial charge in [-0.05, 0) is 71.6 Å². The van der Waals surface area contributed by atoms with Crippen molar-refractivity contribution in [1.29, 1.82) is 0 Å². The molecule has 124 valence electrons. The van der Waals surface area contributed by atoms with E-state index in [1.165, 1.54) is 0 Å². The van der Waals surface area contributed by atoms with E-state index >= 15 is 0 Å². The summed E-state index contributed by atoms with van der Waals surface area (Å²) < 4.78 is 1.85. The van der Waals surface area contributed by atoms with Crippen LogP contribution >= 0.6 is 0 Å². The molecule has 1 aliphatic rings. The van der Waals surface area contributed by atoms with Crippen molar-refractivity contribution in [3.8, 4) is 0 Å². The Morgan fingerprint density at radius 1 is 1.13 bits per heavy atom. The van der Waals surface area contributed by atoms with Gasteiger partial charge in [0.25, 0.3) is 5.56 Å². The number of benzene rings is 1. The van der Waals surface area contributed by atoms with Gasteiger partial charge in [0.15, 0.2) is 0 Å². The van der Waals surface area contributed by atoms with Crippen LogP contribution in [0.1, 0.15) is 57.7 Å². The van der Waals surface area contributed by atoms with Crippen LogP contribution in [0.15, 0.2) is 23.3 Å². The number of fused-ring (bicyclic) bond motifs is 1. The molecule has 0 saturated carbocycles. The second kappa shape index (κ2) is 5.17. The number of piperidine rings is 1. The lowest BCUT2D eigenvalue weighted by atomic mass is 9.79. The molecule has 4 nitrogen and oxygen atoms in total. The average Bonchev–Trinajstić information content (AvgIpc) is 2.36. The molecule has 4 heteroatoms. The van der Waals surface area contributed by atoms with Crippen LogP contribution in [-0.4, -0.2) is 20.6 Å². The van der Waals surface area contributed by atoms with E-state index in [-0.39, 0.29) is 22.7 Å². The topological polar surface area (TPSA) is 46.9 Å². The van der Waals surface area contributed by atoms with E-state index in [2.05, 4.69) is 44.1 Å². The molecule has 1 aromatic carbocycles. The van der Waals surface area contributed by atoms with Gasteiger partial charge in [-0.25, -0.2) is 4.98 Å². The minimum absolute atomic E-state index is 0.00331. The molecule has 1 N–H and O–H groups in total. The number of hydrogen-bond acceptors (Lipinski definition) is 3. The van der Waals surface area contributed by atoms with Crippen LogP contribution in [0.4, 0.5) is 0 Å². The van der Waals surface area contributed by atoms with E-state index < -0.39 is 0 Å². The first-order chi connectivity index (χ1) is 10.6. The van der Waals surface area contributed by atoms with Crippen LogP contribution in [0.3, 0.4) is 0 Å². The molecule has 23 heavy (non-hydrogen) atoms. The van der Waals surface area contributed by atoms with Gasteiger partial charge in [-0.3, -0.25) is 9.36 Å². The molecule has 0 bridgehead atoms. The van der Waals surface area contributed by atoms with Crippen LogP contribution in [0.5, 0.6) is 0 Å². The lowest BCUT2D eigenvalue weighted by Gasteiger charge is -2.46. The third kappa shape index (κ3) is 3.05. The van der Waals surface area contributed by atoms with Crippen LogP contribution in [0.2, 0.25) is 0 Å². The summed E-state index contributed by atoms with van der Waals surface area (Å²) in [5.41, 5.74) is 3.09. The Hall–Kier alpha value is -1.68. The number of aryl methyl sites for hydroxylation is 2. The predicted octanol–water partition coefficient (Wildman–Crippen LogP) is 3.50. The van der Waals surface area contributed by atoms with Crippen LogP contribution in [0.25, 0.3) is 10.9 Å². The Morgan fingerprint density at radius 3 is 2.35 bits per heavy atom. The van der Waals surface area contributed by atoms with Crippen molar-refractivity contribution in [3.63, 3.8) is 0 Å². The molecule has 0 spiro atoms. The van der Waals surface area contributed by atoms with Gasteiger partial charge >= 0.3 is 0 Å². The largest absolute Gasteiger partial charge is 0.307 e. The smallest absolute Gasteiger partial charge is 0.261 e. The summed E-state index contributed by atoms with van der Waals surface area (Å²) in [7, 11) is 0. The minimum atomic E-state index is 0.00331. The van der Waals surface area contributed by atoms with Crippen molar-refractivity contribution in [1.82, 2.24) is 14.9 Å². The fraction of sp³-hybridized carbons (Fsp3) is 0.579. The molecule has 1 aromatic heterocycles. The summed E-state index contributed by atoms with van der Waals surface area (Å²) in [5.74, 6) is 0. The molecule has 2 aromatic rings. The Kier molecular flexibility index (Phi) is 3.64. The number of nitrogens with zero attached hydrogens (tertiary/aromatic N) is 2. The zero-order chi connectivity index (χ0) is 17.0. The van der Waals surface area contributed by atoms with Crippen molar-refractivity contribution in [2.45, 2.75) is 71.5 Å². The van der Waals surface area contributed by atoms with Gasteiger partial charge in [-0.2, -0.15) is 0 Å². The summed E-state index contributed by atoms with van der Waals surface area (Å²) in [6, 6.07) is 4.22. The highest BCUT2D eigenvalue weighted by Crippen LogP contribution is 2.35. The highest BCUT2D eigenvalue weighted by atomic mass is 16.1. The van der Waals surface area contributed by atoms with Crippen molar-refractivity contribution in [2.24, 2.45) is 0 Å². The van der Waals surface area contributed by atoms with E-state index in [0.29, 0.717) is 0 Å². The monoisotopic (exact) mass is 313 g/mol. The number of rotatable bonds is 1. The fourth-order valence-electron chi connectivity index (χ4n) is 4.33. The first-order valence-corrected chi connectivity index (χ1v) is 8.35. The van der Waals surface area contributed by atoms with Crippen LogP contribution in [-0.2, 0) is 0 Å². The van der Waals surface area contributed by atoms with Crippen molar-refractivity contribution < 1.29 is 0 Å². The summed E-state index contributed by atoms with van der Waals surface area (Å²) >= 11 is 0. The lowest BCUT2D eigenvalue weighted by molar-refractivity contribution is 0.130. The van der Waals surface area contributed by atoms with Gasteiger partial charge in [-0.1, -0.05) is 6.07 Å². The van der Waals surface area contributed by atoms with E-state index in [1.54, 1.807) is 6.33 Å². The molecule has 3 rings (SSSR count). The Bertz CT molecular complexity index is 801. The zero-order valence-electron chi connectivity index (χ0n) is 15.0. The van der Waals surface area contributed by atoms with Crippen molar-refractivity contribution >= 4 is 10.9 Å². The maximum absolute atomic E-state index is 13.1. The highest BCUT2D eigenvalue weighted by molar-refractivity contribution is 5.81. The van der Waals surface area contributed by atoms with Gasteiger partial charge in [0, 0.05) is 17.1 Å². The van der Waals surface area contributed by atoms with Gasteiger partial charge in [-0.15, -0.1) is 0 Å². The Balaban J connectivity index is 2.14. The van der Waals surface area contributed by atoms with Gasteiger partial charge in [0.2, 0.25) is 0 Å². The molecule has 2 heterocycles. The predicted molar refractivity (Wildman–Crippen MR) is 95.0 cm³/mol.